The third kappa shape index (κ3) is 4.53. The molecular weight excluding hydrogens is 393 g/mol. The summed E-state index contributed by atoms with van der Waals surface area (Å²) in [7, 11) is 0. The highest BCUT2D eigenvalue weighted by Gasteiger charge is 2.34. The predicted molar refractivity (Wildman–Crippen MR) is 101 cm³/mol. The largest absolute Gasteiger partial charge is 0.349 e. The molecule has 0 atom stereocenters. The molecule has 138 valence electrons. The lowest BCUT2D eigenvalue weighted by molar-refractivity contribution is -0.122. The molecule has 0 aliphatic carbocycles. The average molecular weight is 406 g/mol. The molecule has 1 N–H and O–H groups in total. The number of carbonyl (C=O) groups is 3. The zero-order valence-electron chi connectivity index (χ0n) is 13.8. The number of imide groups is 1. The van der Waals surface area contributed by atoms with Crippen molar-refractivity contribution < 1.29 is 18.8 Å². The van der Waals surface area contributed by atoms with Gasteiger partial charge in [0.15, 0.2) is 0 Å². The van der Waals surface area contributed by atoms with Crippen molar-refractivity contribution in [1.29, 1.82) is 0 Å². The Balaban J connectivity index is 1.61. The number of benzene rings is 1. The molecule has 9 heteroatoms. The van der Waals surface area contributed by atoms with Crippen molar-refractivity contribution in [2.24, 2.45) is 0 Å². The van der Waals surface area contributed by atoms with E-state index in [1.165, 1.54) is 36.5 Å². The Morgan fingerprint density at radius 2 is 2.07 bits per heavy atom. The van der Waals surface area contributed by atoms with E-state index in [0.29, 0.717) is 5.02 Å². The van der Waals surface area contributed by atoms with Crippen LogP contribution in [0.2, 0.25) is 5.02 Å². The SMILES string of the molecule is O=C(NCCN1C(=O)S/C(=C\c2ccccc2F)C1=O)c1cc(Cl)ccn1. The van der Waals surface area contributed by atoms with Crippen LogP contribution < -0.4 is 5.32 Å². The summed E-state index contributed by atoms with van der Waals surface area (Å²) in [6.07, 6.45) is 2.75. The Kier molecular flexibility index (Phi) is 5.88. The van der Waals surface area contributed by atoms with Crippen LogP contribution >= 0.6 is 23.4 Å². The molecule has 3 amide bonds. The van der Waals surface area contributed by atoms with Gasteiger partial charge in [0, 0.05) is 29.9 Å². The molecule has 1 aliphatic heterocycles. The van der Waals surface area contributed by atoms with Crippen molar-refractivity contribution in [3.63, 3.8) is 0 Å². The fourth-order valence-corrected chi connectivity index (χ4v) is 3.34. The number of nitrogens with one attached hydrogen (secondary N) is 1. The van der Waals surface area contributed by atoms with Crippen LogP contribution in [0.4, 0.5) is 9.18 Å². The van der Waals surface area contributed by atoms with Gasteiger partial charge in [-0.3, -0.25) is 24.3 Å². The second-order valence-electron chi connectivity index (χ2n) is 5.47. The molecule has 2 heterocycles. The molecule has 2 aromatic rings. The lowest BCUT2D eigenvalue weighted by Gasteiger charge is -2.12. The summed E-state index contributed by atoms with van der Waals surface area (Å²) in [6.45, 7) is 0.0453. The van der Waals surface area contributed by atoms with E-state index in [4.69, 9.17) is 11.6 Å². The fraction of sp³-hybridized carbons (Fsp3) is 0.111. The maximum absolute atomic E-state index is 13.7. The van der Waals surface area contributed by atoms with Crippen LogP contribution in [0.25, 0.3) is 6.08 Å². The standard InChI is InChI=1S/C18H13ClFN3O3S/c19-12-5-6-21-14(10-12)16(24)22-7-8-23-17(25)15(27-18(23)26)9-11-3-1-2-4-13(11)20/h1-6,9-10H,7-8H2,(H,22,24)/b15-9-. The van der Waals surface area contributed by atoms with E-state index in [0.717, 1.165) is 16.7 Å². The Labute approximate surface area is 163 Å². The molecule has 1 aromatic carbocycles. The second kappa shape index (κ2) is 8.32. The number of rotatable bonds is 5. The number of carbonyl (C=O) groups excluding carboxylic acids is 3. The normalized spacial score (nSPS) is 15.5. The molecule has 0 bridgehead atoms. The van der Waals surface area contributed by atoms with Crippen LogP contribution in [0, 0.1) is 5.82 Å². The highest BCUT2D eigenvalue weighted by atomic mass is 35.5. The van der Waals surface area contributed by atoms with Gasteiger partial charge >= 0.3 is 0 Å². The Morgan fingerprint density at radius 1 is 1.30 bits per heavy atom. The van der Waals surface area contributed by atoms with E-state index in [1.807, 2.05) is 0 Å². The summed E-state index contributed by atoms with van der Waals surface area (Å²) in [6, 6.07) is 8.92. The van der Waals surface area contributed by atoms with Gasteiger partial charge < -0.3 is 5.32 Å². The van der Waals surface area contributed by atoms with E-state index < -0.39 is 22.9 Å². The molecule has 0 saturated carbocycles. The van der Waals surface area contributed by atoms with Crippen molar-refractivity contribution in [2.45, 2.75) is 0 Å². The van der Waals surface area contributed by atoms with Gasteiger partial charge in [-0.2, -0.15) is 0 Å². The van der Waals surface area contributed by atoms with Crippen molar-refractivity contribution in [3.8, 4) is 0 Å². The van der Waals surface area contributed by atoms with E-state index in [-0.39, 0.29) is 29.3 Å². The summed E-state index contributed by atoms with van der Waals surface area (Å²) in [4.78, 5) is 41.5. The topological polar surface area (TPSA) is 79.4 Å². The molecule has 1 aliphatic rings. The first kappa shape index (κ1) is 19.1. The van der Waals surface area contributed by atoms with Gasteiger partial charge in [-0.15, -0.1) is 0 Å². The lowest BCUT2D eigenvalue weighted by atomic mass is 10.2. The van der Waals surface area contributed by atoms with Crippen LogP contribution in [0.15, 0.2) is 47.5 Å². The monoisotopic (exact) mass is 405 g/mol. The Hall–Kier alpha value is -2.71. The van der Waals surface area contributed by atoms with E-state index >= 15 is 0 Å². The van der Waals surface area contributed by atoms with Gasteiger partial charge in [0.1, 0.15) is 11.5 Å². The zero-order valence-corrected chi connectivity index (χ0v) is 15.4. The number of halogens is 2. The van der Waals surface area contributed by atoms with Crippen LogP contribution in [0.1, 0.15) is 16.1 Å². The number of nitrogens with zero attached hydrogens (tertiary/aromatic N) is 2. The number of amides is 3. The molecular formula is C18H13ClFN3O3S. The van der Waals surface area contributed by atoms with Crippen LogP contribution in [-0.4, -0.2) is 40.0 Å². The van der Waals surface area contributed by atoms with Crippen molar-refractivity contribution >= 4 is 46.5 Å². The quantitative estimate of drug-likeness (QED) is 0.772. The number of pyridine rings is 1. The minimum absolute atomic E-state index is 0.00835. The first-order valence-electron chi connectivity index (χ1n) is 7.85. The first-order valence-corrected chi connectivity index (χ1v) is 9.05. The van der Waals surface area contributed by atoms with Gasteiger partial charge in [0.05, 0.1) is 4.91 Å². The number of aromatic nitrogens is 1. The number of hydrogen-bond donors (Lipinski definition) is 1. The molecule has 6 nitrogen and oxygen atoms in total. The number of hydrogen-bond acceptors (Lipinski definition) is 5. The summed E-state index contributed by atoms with van der Waals surface area (Å²) in [5.41, 5.74) is 0.361. The number of thioether (sulfide) groups is 1. The molecule has 0 spiro atoms. The van der Waals surface area contributed by atoms with Gasteiger partial charge in [0.25, 0.3) is 17.1 Å². The Bertz CT molecular complexity index is 951. The van der Waals surface area contributed by atoms with Crippen LogP contribution in [-0.2, 0) is 4.79 Å². The van der Waals surface area contributed by atoms with E-state index in [2.05, 4.69) is 10.3 Å². The zero-order chi connectivity index (χ0) is 19.4. The highest BCUT2D eigenvalue weighted by Crippen LogP contribution is 2.32. The van der Waals surface area contributed by atoms with Crippen molar-refractivity contribution in [1.82, 2.24) is 15.2 Å². The molecule has 3 rings (SSSR count). The summed E-state index contributed by atoms with van der Waals surface area (Å²) < 4.78 is 13.7. The van der Waals surface area contributed by atoms with Gasteiger partial charge in [0.2, 0.25) is 0 Å². The summed E-state index contributed by atoms with van der Waals surface area (Å²) in [5, 5.41) is 2.47. The highest BCUT2D eigenvalue weighted by molar-refractivity contribution is 8.18. The molecule has 1 saturated heterocycles. The second-order valence-corrected chi connectivity index (χ2v) is 6.90. The van der Waals surface area contributed by atoms with Gasteiger partial charge in [-0.25, -0.2) is 4.39 Å². The van der Waals surface area contributed by atoms with Crippen molar-refractivity contribution in [2.75, 3.05) is 13.1 Å². The van der Waals surface area contributed by atoms with Crippen LogP contribution in [0.5, 0.6) is 0 Å². The van der Waals surface area contributed by atoms with E-state index in [1.54, 1.807) is 12.1 Å². The third-order valence-electron chi connectivity index (χ3n) is 3.64. The molecule has 27 heavy (non-hydrogen) atoms. The summed E-state index contributed by atoms with van der Waals surface area (Å²) >= 11 is 6.54. The maximum Gasteiger partial charge on any atom is 0.293 e. The summed E-state index contributed by atoms with van der Waals surface area (Å²) in [5.74, 6) is -1.47. The van der Waals surface area contributed by atoms with Gasteiger partial charge in [-0.1, -0.05) is 29.8 Å². The molecule has 0 radical (unpaired) electrons. The third-order valence-corrected chi connectivity index (χ3v) is 4.78. The molecule has 1 aromatic heterocycles. The molecule has 0 unspecified atom stereocenters. The average Bonchev–Trinajstić information content (AvgIpc) is 2.91. The smallest absolute Gasteiger partial charge is 0.293 e. The van der Waals surface area contributed by atoms with Crippen LogP contribution in [0.3, 0.4) is 0 Å². The minimum atomic E-state index is -0.525. The predicted octanol–water partition coefficient (Wildman–Crippen LogP) is 3.34. The molecule has 1 fully saturated rings. The minimum Gasteiger partial charge on any atom is -0.349 e. The van der Waals surface area contributed by atoms with E-state index in [9.17, 15) is 18.8 Å². The fourth-order valence-electron chi connectivity index (χ4n) is 2.33. The maximum atomic E-state index is 13.7. The van der Waals surface area contributed by atoms with Crippen molar-refractivity contribution in [3.05, 3.63) is 69.6 Å². The lowest BCUT2D eigenvalue weighted by Crippen LogP contribution is -2.37. The Morgan fingerprint density at radius 3 is 2.81 bits per heavy atom. The first-order chi connectivity index (χ1) is 13.0. The van der Waals surface area contributed by atoms with Gasteiger partial charge in [-0.05, 0) is 36.0 Å².